The maximum atomic E-state index is 5.82. The Morgan fingerprint density at radius 2 is 2.11 bits per heavy atom. The second-order valence-electron chi connectivity index (χ2n) is 4.22. The van der Waals surface area contributed by atoms with Crippen molar-refractivity contribution in [2.24, 2.45) is 0 Å². The standard InChI is InChI=1S/C13H14N4O/c1-3-7-11(8-4-1)17-13(14-15-16-17)18-12-9-5-2-6-10-12/h1,3-5,7-9,12H,2,6,10H2. The third-order valence-electron chi connectivity index (χ3n) is 2.91. The molecule has 2 aromatic rings. The van der Waals surface area contributed by atoms with Gasteiger partial charge in [-0.3, -0.25) is 0 Å². The lowest BCUT2D eigenvalue weighted by molar-refractivity contribution is 0.206. The minimum Gasteiger partial charge on any atom is -0.455 e. The first-order valence-electron chi connectivity index (χ1n) is 6.10. The average molecular weight is 242 g/mol. The van der Waals surface area contributed by atoms with E-state index in [0.29, 0.717) is 6.01 Å². The number of benzene rings is 1. The van der Waals surface area contributed by atoms with E-state index in [2.05, 4.69) is 27.7 Å². The molecule has 1 aromatic heterocycles. The molecule has 0 amide bonds. The molecule has 0 bridgehead atoms. The van der Waals surface area contributed by atoms with Crippen LogP contribution < -0.4 is 4.74 Å². The number of para-hydroxylation sites is 1. The zero-order valence-electron chi connectivity index (χ0n) is 9.94. The number of nitrogens with zero attached hydrogens (tertiary/aromatic N) is 4. The van der Waals surface area contributed by atoms with Gasteiger partial charge >= 0.3 is 6.01 Å². The van der Waals surface area contributed by atoms with Crippen molar-refractivity contribution in [1.82, 2.24) is 20.2 Å². The molecule has 0 saturated carbocycles. The third-order valence-corrected chi connectivity index (χ3v) is 2.91. The van der Waals surface area contributed by atoms with E-state index < -0.39 is 0 Å². The van der Waals surface area contributed by atoms with E-state index in [1.54, 1.807) is 4.68 Å². The fourth-order valence-electron chi connectivity index (χ4n) is 2.00. The van der Waals surface area contributed by atoms with Gasteiger partial charge in [0.05, 0.1) is 5.69 Å². The van der Waals surface area contributed by atoms with Gasteiger partial charge in [-0.2, -0.15) is 4.68 Å². The molecule has 1 atom stereocenters. The molecule has 0 spiro atoms. The summed E-state index contributed by atoms with van der Waals surface area (Å²) in [4.78, 5) is 0. The van der Waals surface area contributed by atoms with Gasteiger partial charge in [-0.15, -0.1) is 0 Å². The number of hydrogen-bond acceptors (Lipinski definition) is 4. The molecule has 0 fully saturated rings. The molecule has 1 aromatic carbocycles. The maximum absolute atomic E-state index is 5.82. The van der Waals surface area contributed by atoms with Crippen LogP contribution in [0, 0.1) is 0 Å². The molecule has 3 rings (SSSR count). The first-order valence-corrected chi connectivity index (χ1v) is 6.10. The van der Waals surface area contributed by atoms with Crippen molar-refractivity contribution in [3.8, 4) is 11.7 Å². The molecule has 5 nitrogen and oxygen atoms in total. The van der Waals surface area contributed by atoms with Crippen LogP contribution in [0.1, 0.15) is 19.3 Å². The number of rotatable bonds is 3. The van der Waals surface area contributed by atoms with Crippen LogP contribution in [0.2, 0.25) is 0 Å². The molecule has 92 valence electrons. The second kappa shape index (κ2) is 5.00. The summed E-state index contributed by atoms with van der Waals surface area (Å²) in [6.07, 6.45) is 7.58. The van der Waals surface area contributed by atoms with Crippen molar-refractivity contribution >= 4 is 0 Å². The van der Waals surface area contributed by atoms with Crippen molar-refractivity contribution in [3.63, 3.8) is 0 Å². The Bertz CT molecular complexity index is 535. The molecule has 0 radical (unpaired) electrons. The summed E-state index contributed by atoms with van der Waals surface area (Å²) in [5.41, 5.74) is 0.900. The van der Waals surface area contributed by atoms with Crippen LogP contribution in [0.5, 0.6) is 6.01 Å². The Labute approximate surface area is 105 Å². The molecular weight excluding hydrogens is 228 g/mol. The van der Waals surface area contributed by atoms with Crippen LogP contribution >= 0.6 is 0 Å². The molecule has 18 heavy (non-hydrogen) atoms. The molecular formula is C13H14N4O. The Morgan fingerprint density at radius 1 is 1.22 bits per heavy atom. The van der Waals surface area contributed by atoms with Crippen LogP contribution in [-0.2, 0) is 0 Å². The molecule has 5 heteroatoms. The molecule has 1 aliphatic carbocycles. The Balaban J connectivity index is 1.83. The number of allylic oxidation sites excluding steroid dienone is 1. The van der Waals surface area contributed by atoms with Crippen LogP contribution in [0.15, 0.2) is 42.5 Å². The molecule has 0 aliphatic heterocycles. The molecule has 0 N–H and O–H groups in total. The SMILES string of the molecule is C1=CC(Oc2nnnn2-c2ccccc2)CCC1. The smallest absolute Gasteiger partial charge is 0.340 e. The van der Waals surface area contributed by atoms with Crippen molar-refractivity contribution in [3.05, 3.63) is 42.5 Å². The van der Waals surface area contributed by atoms with Gasteiger partial charge in [-0.25, -0.2) is 0 Å². The lowest BCUT2D eigenvalue weighted by Crippen LogP contribution is -2.18. The van der Waals surface area contributed by atoms with E-state index >= 15 is 0 Å². The van der Waals surface area contributed by atoms with E-state index in [1.165, 1.54) is 0 Å². The highest BCUT2D eigenvalue weighted by Gasteiger charge is 2.15. The molecule has 0 saturated heterocycles. The summed E-state index contributed by atoms with van der Waals surface area (Å²) < 4.78 is 7.43. The Hall–Kier alpha value is -2.17. The van der Waals surface area contributed by atoms with Crippen molar-refractivity contribution in [2.45, 2.75) is 25.4 Å². The van der Waals surface area contributed by atoms with E-state index in [0.717, 1.165) is 24.9 Å². The summed E-state index contributed by atoms with van der Waals surface area (Å²) in [6, 6.07) is 10.2. The first-order chi connectivity index (χ1) is 8.93. The van der Waals surface area contributed by atoms with Crippen molar-refractivity contribution in [2.75, 3.05) is 0 Å². The largest absolute Gasteiger partial charge is 0.455 e. The highest BCUT2D eigenvalue weighted by Crippen LogP contribution is 2.18. The Kier molecular flexibility index (Phi) is 3.04. The topological polar surface area (TPSA) is 52.8 Å². The van der Waals surface area contributed by atoms with Crippen LogP contribution in [-0.4, -0.2) is 26.3 Å². The number of tetrazole rings is 1. The molecule has 1 heterocycles. The van der Waals surface area contributed by atoms with Gasteiger partial charge in [0, 0.05) is 0 Å². The molecule has 1 aliphatic rings. The first kappa shape index (κ1) is 11.0. The number of hydrogen-bond donors (Lipinski definition) is 0. The summed E-state index contributed by atoms with van der Waals surface area (Å²) in [7, 11) is 0. The fraction of sp³-hybridized carbons (Fsp3) is 0.308. The summed E-state index contributed by atoms with van der Waals surface area (Å²) in [5, 5.41) is 11.6. The van der Waals surface area contributed by atoms with Gasteiger partial charge < -0.3 is 4.74 Å². The summed E-state index contributed by atoms with van der Waals surface area (Å²) >= 11 is 0. The lowest BCUT2D eigenvalue weighted by atomic mass is 10.1. The summed E-state index contributed by atoms with van der Waals surface area (Å²) in [6.45, 7) is 0. The number of aromatic nitrogens is 4. The van der Waals surface area contributed by atoms with Crippen molar-refractivity contribution < 1.29 is 4.74 Å². The zero-order chi connectivity index (χ0) is 12.2. The van der Waals surface area contributed by atoms with Gasteiger partial charge in [0.15, 0.2) is 0 Å². The monoisotopic (exact) mass is 242 g/mol. The van der Waals surface area contributed by atoms with Gasteiger partial charge in [0.25, 0.3) is 0 Å². The fourth-order valence-corrected chi connectivity index (χ4v) is 2.00. The maximum Gasteiger partial charge on any atom is 0.340 e. The highest BCUT2D eigenvalue weighted by atomic mass is 16.5. The zero-order valence-corrected chi connectivity index (χ0v) is 9.94. The van der Waals surface area contributed by atoms with Crippen molar-refractivity contribution in [1.29, 1.82) is 0 Å². The minimum absolute atomic E-state index is 0.0761. The quantitative estimate of drug-likeness (QED) is 0.774. The van der Waals surface area contributed by atoms with Crippen LogP contribution in [0.3, 0.4) is 0 Å². The van der Waals surface area contributed by atoms with Gasteiger partial charge in [0.2, 0.25) is 0 Å². The van der Waals surface area contributed by atoms with E-state index in [-0.39, 0.29) is 6.10 Å². The number of ether oxygens (including phenoxy) is 1. The average Bonchev–Trinajstić information content (AvgIpc) is 2.89. The van der Waals surface area contributed by atoms with E-state index in [4.69, 9.17) is 4.74 Å². The van der Waals surface area contributed by atoms with Crippen LogP contribution in [0.25, 0.3) is 5.69 Å². The predicted molar refractivity (Wildman–Crippen MR) is 66.6 cm³/mol. The summed E-state index contributed by atoms with van der Waals surface area (Å²) in [5.74, 6) is 0. The normalized spacial score (nSPS) is 18.8. The van der Waals surface area contributed by atoms with Gasteiger partial charge in [0.1, 0.15) is 6.10 Å². The van der Waals surface area contributed by atoms with Gasteiger partial charge in [-0.05, 0) is 47.9 Å². The predicted octanol–water partition coefficient (Wildman–Crippen LogP) is 2.15. The minimum atomic E-state index is 0.0761. The van der Waals surface area contributed by atoms with Gasteiger partial charge in [-0.1, -0.05) is 29.4 Å². The molecule has 1 unspecified atom stereocenters. The third kappa shape index (κ3) is 2.25. The lowest BCUT2D eigenvalue weighted by Gasteiger charge is -2.17. The second-order valence-corrected chi connectivity index (χ2v) is 4.22. The Morgan fingerprint density at radius 3 is 2.89 bits per heavy atom. The van der Waals surface area contributed by atoms with Crippen LogP contribution in [0.4, 0.5) is 0 Å². The van der Waals surface area contributed by atoms with E-state index in [9.17, 15) is 0 Å². The highest BCUT2D eigenvalue weighted by molar-refractivity contribution is 5.31. The van der Waals surface area contributed by atoms with E-state index in [1.807, 2.05) is 30.3 Å².